The number of hydrogen-bond donors (Lipinski definition) is 1. The largest absolute Gasteiger partial charge is 0.355 e. The van der Waals surface area contributed by atoms with Crippen LogP contribution in [-0.4, -0.2) is 41.5 Å². The minimum atomic E-state index is -0.326. The highest BCUT2D eigenvalue weighted by Gasteiger charge is 2.30. The standard InChI is InChI=1S/C20H19ClN2O3S/c21-15-5-7-16(8-6-15)27-12-10-22-18(24)9-11-23-19(25)13-14-3-1-2-4-17(14)20(23)26/h1-8H,9-13H2,(H,22,24). The molecular formula is C20H19ClN2O3S. The second kappa shape index (κ2) is 9.06. The van der Waals surface area contributed by atoms with Gasteiger partial charge in [-0.1, -0.05) is 29.8 Å². The maximum absolute atomic E-state index is 12.4. The highest BCUT2D eigenvalue weighted by atomic mass is 35.5. The molecule has 7 heteroatoms. The summed E-state index contributed by atoms with van der Waals surface area (Å²) in [5, 5.41) is 3.51. The van der Waals surface area contributed by atoms with Gasteiger partial charge in [0.05, 0.1) is 6.42 Å². The maximum atomic E-state index is 12.4. The van der Waals surface area contributed by atoms with Crippen molar-refractivity contribution >= 4 is 41.1 Å². The highest BCUT2D eigenvalue weighted by Crippen LogP contribution is 2.20. The number of hydrogen-bond acceptors (Lipinski definition) is 4. The number of carbonyl (C=O) groups excluding carboxylic acids is 3. The quantitative estimate of drug-likeness (QED) is 0.439. The van der Waals surface area contributed by atoms with E-state index in [9.17, 15) is 14.4 Å². The van der Waals surface area contributed by atoms with Gasteiger partial charge in [0.25, 0.3) is 5.91 Å². The third kappa shape index (κ3) is 5.11. The normalized spacial score (nSPS) is 13.4. The molecule has 0 bridgehead atoms. The highest BCUT2D eigenvalue weighted by molar-refractivity contribution is 7.99. The molecule has 0 fully saturated rings. The van der Waals surface area contributed by atoms with Crippen LogP contribution >= 0.6 is 23.4 Å². The fraction of sp³-hybridized carbons (Fsp3) is 0.250. The Morgan fingerprint density at radius 2 is 1.85 bits per heavy atom. The third-order valence-electron chi connectivity index (χ3n) is 4.20. The van der Waals surface area contributed by atoms with Crippen molar-refractivity contribution < 1.29 is 14.4 Å². The number of halogens is 1. The minimum Gasteiger partial charge on any atom is -0.355 e. The van der Waals surface area contributed by atoms with Gasteiger partial charge in [-0.2, -0.15) is 0 Å². The van der Waals surface area contributed by atoms with Crippen molar-refractivity contribution in [3.05, 3.63) is 64.7 Å². The fourth-order valence-electron chi connectivity index (χ4n) is 2.82. The van der Waals surface area contributed by atoms with Crippen LogP contribution in [-0.2, 0) is 16.0 Å². The Balaban J connectivity index is 1.42. The molecule has 0 saturated heterocycles. The number of benzene rings is 2. The molecule has 0 aromatic heterocycles. The van der Waals surface area contributed by atoms with Crippen molar-refractivity contribution in [3.8, 4) is 0 Å². The van der Waals surface area contributed by atoms with E-state index >= 15 is 0 Å². The fourth-order valence-corrected chi connectivity index (χ4v) is 3.71. The van der Waals surface area contributed by atoms with Crippen LogP contribution in [0.3, 0.4) is 0 Å². The van der Waals surface area contributed by atoms with E-state index in [4.69, 9.17) is 11.6 Å². The summed E-state index contributed by atoms with van der Waals surface area (Å²) in [7, 11) is 0. The topological polar surface area (TPSA) is 66.5 Å². The average Bonchev–Trinajstić information content (AvgIpc) is 2.66. The summed E-state index contributed by atoms with van der Waals surface area (Å²) in [4.78, 5) is 38.9. The van der Waals surface area contributed by atoms with Crippen LogP contribution in [0, 0.1) is 0 Å². The molecule has 0 saturated carbocycles. The van der Waals surface area contributed by atoms with Gasteiger partial charge in [0, 0.05) is 40.7 Å². The lowest BCUT2D eigenvalue weighted by atomic mass is 9.98. The van der Waals surface area contributed by atoms with Crippen molar-refractivity contribution in [3.63, 3.8) is 0 Å². The second-order valence-corrected chi connectivity index (χ2v) is 7.69. The van der Waals surface area contributed by atoms with E-state index in [0.29, 0.717) is 17.1 Å². The van der Waals surface area contributed by atoms with Crippen molar-refractivity contribution in [2.45, 2.75) is 17.7 Å². The SMILES string of the molecule is O=C(CCN1C(=O)Cc2ccccc2C1=O)NCCSc1ccc(Cl)cc1. The van der Waals surface area contributed by atoms with Gasteiger partial charge < -0.3 is 5.32 Å². The molecule has 0 radical (unpaired) electrons. The van der Waals surface area contributed by atoms with Crippen LogP contribution in [0.25, 0.3) is 0 Å². The molecule has 1 aliphatic rings. The lowest BCUT2D eigenvalue weighted by Gasteiger charge is -2.26. The summed E-state index contributed by atoms with van der Waals surface area (Å²) >= 11 is 7.46. The Bertz CT molecular complexity index is 855. The number of amides is 3. The van der Waals surface area contributed by atoms with E-state index in [2.05, 4.69) is 5.32 Å². The van der Waals surface area contributed by atoms with E-state index in [-0.39, 0.29) is 37.1 Å². The molecule has 0 spiro atoms. The van der Waals surface area contributed by atoms with E-state index < -0.39 is 0 Å². The number of fused-ring (bicyclic) bond motifs is 1. The summed E-state index contributed by atoms with van der Waals surface area (Å²) in [5.74, 6) is -0.0357. The van der Waals surface area contributed by atoms with Crippen LogP contribution < -0.4 is 5.32 Å². The van der Waals surface area contributed by atoms with Crippen LogP contribution in [0.15, 0.2) is 53.4 Å². The van der Waals surface area contributed by atoms with E-state index in [1.54, 1.807) is 30.0 Å². The number of imide groups is 1. The molecule has 140 valence electrons. The second-order valence-electron chi connectivity index (χ2n) is 6.09. The first-order valence-corrected chi connectivity index (χ1v) is 9.98. The van der Waals surface area contributed by atoms with Gasteiger partial charge in [-0.25, -0.2) is 0 Å². The zero-order chi connectivity index (χ0) is 19.2. The smallest absolute Gasteiger partial charge is 0.260 e. The van der Waals surface area contributed by atoms with Crippen LogP contribution in [0.1, 0.15) is 22.3 Å². The number of nitrogens with one attached hydrogen (secondary N) is 1. The van der Waals surface area contributed by atoms with E-state index in [1.165, 1.54) is 4.90 Å². The molecule has 1 N–H and O–H groups in total. The molecule has 0 atom stereocenters. The first kappa shape index (κ1) is 19.5. The summed E-state index contributed by atoms with van der Waals surface area (Å²) in [5.41, 5.74) is 1.28. The van der Waals surface area contributed by atoms with Crippen LogP contribution in [0.5, 0.6) is 0 Å². The van der Waals surface area contributed by atoms with Crippen LogP contribution in [0.4, 0.5) is 0 Å². The van der Waals surface area contributed by atoms with Gasteiger partial charge in [-0.3, -0.25) is 19.3 Å². The zero-order valence-corrected chi connectivity index (χ0v) is 16.2. The molecule has 27 heavy (non-hydrogen) atoms. The molecule has 0 unspecified atom stereocenters. The molecule has 5 nitrogen and oxygen atoms in total. The van der Waals surface area contributed by atoms with E-state index in [0.717, 1.165) is 16.2 Å². The predicted molar refractivity (Wildman–Crippen MR) is 106 cm³/mol. The number of rotatable bonds is 7. The first-order chi connectivity index (χ1) is 13.0. The Labute approximate surface area is 167 Å². The van der Waals surface area contributed by atoms with Gasteiger partial charge in [-0.15, -0.1) is 11.8 Å². The Kier molecular flexibility index (Phi) is 6.53. The monoisotopic (exact) mass is 402 g/mol. The molecule has 1 heterocycles. The predicted octanol–water partition coefficient (Wildman–Crippen LogP) is 3.16. The third-order valence-corrected chi connectivity index (χ3v) is 5.47. The van der Waals surface area contributed by atoms with Crippen molar-refractivity contribution in [1.82, 2.24) is 10.2 Å². The molecule has 3 amide bonds. The summed E-state index contributed by atoms with van der Waals surface area (Å²) in [6, 6.07) is 14.6. The molecule has 2 aromatic rings. The lowest BCUT2D eigenvalue weighted by Crippen LogP contribution is -2.44. The Hall–Kier alpha value is -2.31. The van der Waals surface area contributed by atoms with Crippen molar-refractivity contribution in [1.29, 1.82) is 0 Å². The first-order valence-electron chi connectivity index (χ1n) is 8.62. The van der Waals surface area contributed by atoms with Gasteiger partial charge in [-0.05, 0) is 35.9 Å². The number of nitrogens with zero attached hydrogens (tertiary/aromatic N) is 1. The molecular weight excluding hydrogens is 384 g/mol. The summed E-state index contributed by atoms with van der Waals surface area (Å²) < 4.78 is 0. The molecule has 3 rings (SSSR count). The van der Waals surface area contributed by atoms with Crippen LogP contribution in [0.2, 0.25) is 5.02 Å². The Morgan fingerprint density at radius 3 is 2.63 bits per heavy atom. The average molecular weight is 403 g/mol. The van der Waals surface area contributed by atoms with Gasteiger partial charge in [0.15, 0.2) is 0 Å². The zero-order valence-electron chi connectivity index (χ0n) is 14.6. The number of carbonyl (C=O) groups is 3. The number of thioether (sulfide) groups is 1. The van der Waals surface area contributed by atoms with Gasteiger partial charge >= 0.3 is 0 Å². The maximum Gasteiger partial charge on any atom is 0.260 e. The van der Waals surface area contributed by atoms with Gasteiger partial charge in [0.1, 0.15) is 0 Å². The summed E-state index contributed by atoms with van der Waals surface area (Å²) in [6.07, 6.45) is 0.298. The molecule has 0 aliphatic carbocycles. The molecule has 1 aliphatic heterocycles. The van der Waals surface area contributed by atoms with Crippen molar-refractivity contribution in [2.75, 3.05) is 18.8 Å². The minimum absolute atomic E-state index is 0.0994. The lowest BCUT2D eigenvalue weighted by molar-refractivity contribution is -0.129. The van der Waals surface area contributed by atoms with E-state index in [1.807, 2.05) is 30.3 Å². The summed E-state index contributed by atoms with van der Waals surface area (Å²) in [6.45, 7) is 0.610. The van der Waals surface area contributed by atoms with Gasteiger partial charge in [0.2, 0.25) is 11.8 Å². The molecule has 2 aromatic carbocycles. The van der Waals surface area contributed by atoms with Crippen molar-refractivity contribution in [2.24, 2.45) is 0 Å². The Morgan fingerprint density at radius 1 is 1.11 bits per heavy atom.